The van der Waals surface area contributed by atoms with Crippen LogP contribution in [0.25, 0.3) is 0 Å². The Hall–Kier alpha value is -2.15. The molecule has 0 aromatic rings. The Labute approximate surface area is 207 Å². The van der Waals surface area contributed by atoms with Crippen LogP contribution in [-0.4, -0.2) is 39.8 Å². The summed E-state index contributed by atoms with van der Waals surface area (Å²) in [6.45, 7) is 9.46. The predicted molar refractivity (Wildman–Crippen MR) is 129 cm³/mol. The maximum absolute atomic E-state index is 13.5. The minimum Gasteiger partial charge on any atom is -0.481 e. The van der Waals surface area contributed by atoms with Gasteiger partial charge in [0.25, 0.3) is 0 Å². The minimum atomic E-state index is -1.05. The number of carbonyl (C=O) groups excluding carboxylic acids is 2. The van der Waals surface area contributed by atoms with Crippen LogP contribution in [0.5, 0.6) is 0 Å². The van der Waals surface area contributed by atoms with Crippen LogP contribution >= 0.6 is 0 Å². The molecule has 2 N–H and O–H groups in total. The van der Waals surface area contributed by atoms with Crippen molar-refractivity contribution < 1.29 is 34.1 Å². The zero-order valence-electron chi connectivity index (χ0n) is 21.6. The van der Waals surface area contributed by atoms with Gasteiger partial charge in [0, 0.05) is 19.8 Å². The van der Waals surface area contributed by atoms with Gasteiger partial charge in [0.15, 0.2) is 0 Å². The lowest BCUT2D eigenvalue weighted by Gasteiger charge is -2.59. The molecule has 0 spiro atoms. The van der Waals surface area contributed by atoms with Crippen molar-refractivity contribution in [2.75, 3.05) is 0 Å². The van der Waals surface area contributed by atoms with Crippen molar-refractivity contribution in [2.24, 2.45) is 34.5 Å². The number of aliphatic hydroxyl groups is 1. The Morgan fingerprint density at radius 1 is 1.11 bits per heavy atom. The third-order valence-corrected chi connectivity index (χ3v) is 9.76. The summed E-state index contributed by atoms with van der Waals surface area (Å²) in [6, 6.07) is 0. The molecule has 0 aromatic carbocycles. The topological polar surface area (TPSA) is 110 Å². The maximum Gasteiger partial charge on any atom is 0.313 e. The SMILES string of the molecule is CC(=O)OC1=CC2=C[C@H](C(=O)OC(C)C)[C@@H]3[C@H](CC[C@@]4(C)[C@H]3CC[C@@]4(O)CCC(=O)O)[C@@]2(C)CC1. The van der Waals surface area contributed by atoms with Crippen LogP contribution < -0.4 is 0 Å². The Morgan fingerprint density at radius 2 is 1.80 bits per heavy atom. The van der Waals surface area contributed by atoms with Crippen molar-refractivity contribution in [1.82, 2.24) is 0 Å². The number of hydrogen-bond donors (Lipinski definition) is 2. The van der Waals surface area contributed by atoms with Crippen molar-refractivity contribution in [3.63, 3.8) is 0 Å². The Kier molecular flexibility index (Phi) is 6.71. The van der Waals surface area contributed by atoms with Gasteiger partial charge in [0.05, 0.1) is 17.6 Å². The molecule has 2 saturated carbocycles. The van der Waals surface area contributed by atoms with Crippen LogP contribution in [0.3, 0.4) is 0 Å². The largest absolute Gasteiger partial charge is 0.481 e. The third-order valence-electron chi connectivity index (χ3n) is 9.76. The van der Waals surface area contributed by atoms with Gasteiger partial charge in [-0.3, -0.25) is 14.4 Å². The van der Waals surface area contributed by atoms with Gasteiger partial charge < -0.3 is 19.7 Å². The Bertz CT molecular complexity index is 964. The summed E-state index contributed by atoms with van der Waals surface area (Å²) in [5.74, 6) is -0.970. The van der Waals surface area contributed by atoms with E-state index in [4.69, 9.17) is 9.47 Å². The highest BCUT2D eigenvalue weighted by atomic mass is 16.5. The minimum absolute atomic E-state index is 0.0104. The van der Waals surface area contributed by atoms with Gasteiger partial charge in [0.1, 0.15) is 5.76 Å². The van der Waals surface area contributed by atoms with E-state index < -0.39 is 22.9 Å². The molecule has 194 valence electrons. The van der Waals surface area contributed by atoms with Crippen LogP contribution in [0.1, 0.15) is 86.0 Å². The summed E-state index contributed by atoms with van der Waals surface area (Å²) in [6.07, 6.45) is 8.40. The van der Waals surface area contributed by atoms with Crippen molar-refractivity contribution in [1.29, 1.82) is 0 Å². The number of aliphatic carboxylic acids is 1. The molecule has 2 fully saturated rings. The highest BCUT2D eigenvalue weighted by Gasteiger charge is 2.65. The van der Waals surface area contributed by atoms with E-state index in [0.29, 0.717) is 18.6 Å². The molecule has 4 aliphatic rings. The molecular weight excluding hydrogens is 448 g/mol. The van der Waals surface area contributed by atoms with Gasteiger partial charge in [-0.15, -0.1) is 0 Å². The number of ether oxygens (including phenoxy) is 2. The molecule has 4 rings (SSSR count). The first kappa shape index (κ1) is 25.9. The monoisotopic (exact) mass is 488 g/mol. The van der Waals surface area contributed by atoms with Crippen LogP contribution in [-0.2, 0) is 23.9 Å². The van der Waals surface area contributed by atoms with Crippen LogP contribution in [0.2, 0.25) is 0 Å². The second-order valence-electron chi connectivity index (χ2n) is 12.0. The molecule has 0 bridgehead atoms. The molecule has 0 amide bonds. The molecule has 0 aliphatic heterocycles. The summed E-state index contributed by atoms with van der Waals surface area (Å²) in [5.41, 5.74) is -0.621. The lowest BCUT2D eigenvalue weighted by atomic mass is 9.45. The first-order chi connectivity index (χ1) is 16.3. The fraction of sp³-hybridized carbons (Fsp3) is 0.750. The molecule has 0 unspecified atom stereocenters. The number of esters is 2. The van der Waals surface area contributed by atoms with Gasteiger partial charge in [-0.25, -0.2) is 0 Å². The van der Waals surface area contributed by atoms with Gasteiger partial charge in [0.2, 0.25) is 0 Å². The summed E-state index contributed by atoms with van der Waals surface area (Å²) >= 11 is 0. The normalized spacial score (nSPS) is 40.1. The highest BCUT2D eigenvalue weighted by molar-refractivity contribution is 5.76. The summed E-state index contributed by atoms with van der Waals surface area (Å²) in [4.78, 5) is 36.3. The van der Waals surface area contributed by atoms with Crippen molar-refractivity contribution in [3.05, 3.63) is 23.5 Å². The number of rotatable bonds is 6. The van der Waals surface area contributed by atoms with E-state index in [1.54, 1.807) is 0 Å². The number of allylic oxidation sites excluding steroid dienone is 3. The molecule has 7 nitrogen and oxygen atoms in total. The zero-order chi connectivity index (χ0) is 25.8. The van der Waals surface area contributed by atoms with E-state index in [0.717, 1.165) is 31.3 Å². The Balaban J connectivity index is 1.76. The number of hydrogen-bond acceptors (Lipinski definition) is 6. The van der Waals surface area contributed by atoms with Crippen LogP contribution in [0, 0.1) is 34.5 Å². The van der Waals surface area contributed by atoms with Crippen molar-refractivity contribution in [2.45, 2.75) is 97.7 Å². The summed E-state index contributed by atoms with van der Waals surface area (Å²) < 4.78 is 11.1. The van der Waals surface area contributed by atoms with Gasteiger partial charge in [-0.2, -0.15) is 0 Å². The predicted octanol–water partition coefficient (Wildman–Crippen LogP) is 4.78. The van der Waals surface area contributed by atoms with Crippen molar-refractivity contribution >= 4 is 17.9 Å². The number of fused-ring (bicyclic) bond motifs is 5. The first-order valence-corrected chi connectivity index (χ1v) is 13.1. The number of carboxylic acid groups (broad SMARTS) is 1. The van der Waals surface area contributed by atoms with Gasteiger partial charge in [-0.05, 0) is 92.6 Å². The quantitative estimate of drug-likeness (QED) is 0.518. The first-order valence-electron chi connectivity index (χ1n) is 13.1. The zero-order valence-corrected chi connectivity index (χ0v) is 21.6. The van der Waals surface area contributed by atoms with E-state index in [1.165, 1.54) is 6.92 Å². The third kappa shape index (κ3) is 4.34. The van der Waals surface area contributed by atoms with Gasteiger partial charge in [-0.1, -0.05) is 19.9 Å². The average Bonchev–Trinajstić information content (AvgIpc) is 3.02. The summed E-state index contributed by atoms with van der Waals surface area (Å²) in [7, 11) is 0. The molecule has 7 heteroatoms. The van der Waals surface area contributed by atoms with E-state index in [1.807, 2.05) is 26.0 Å². The maximum atomic E-state index is 13.5. The average molecular weight is 489 g/mol. The molecule has 0 saturated heterocycles. The van der Waals surface area contributed by atoms with Crippen LogP contribution in [0.4, 0.5) is 0 Å². The molecule has 0 heterocycles. The fourth-order valence-corrected chi connectivity index (χ4v) is 7.96. The number of carbonyl (C=O) groups is 3. The van der Waals surface area contributed by atoms with Crippen LogP contribution in [0.15, 0.2) is 23.5 Å². The molecule has 7 atom stereocenters. The van der Waals surface area contributed by atoms with E-state index in [2.05, 4.69) is 13.8 Å². The molecule has 0 radical (unpaired) electrons. The summed E-state index contributed by atoms with van der Waals surface area (Å²) in [5, 5.41) is 21.0. The van der Waals surface area contributed by atoms with Crippen molar-refractivity contribution in [3.8, 4) is 0 Å². The second-order valence-corrected chi connectivity index (χ2v) is 12.0. The smallest absolute Gasteiger partial charge is 0.313 e. The fourth-order valence-electron chi connectivity index (χ4n) is 7.96. The van der Waals surface area contributed by atoms with Gasteiger partial charge >= 0.3 is 17.9 Å². The molecule has 35 heavy (non-hydrogen) atoms. The van der Waals surface area contributed by atoms with E-state index >= 15 is 0 Å². The highest BCUT2D eigenvalue weighted by Crippen LogP contribution is 2.68. The molecule has 4 aliphatic carbocycles. The Morgan fingerprint density at radius 3 is 2.43 bits per heavy atom. The molecule has 0 aromatic heterocycles. The molecular formula is C28H40O7. The number of carboxylic acids is 1. The van der Waals surface area contributed by atoms with E-state index in [9.17, 15) is 24.6 Å². The lowest BCUT2D eigenvalue weighted by molar-refractivity contribution is -0.166. The lowest BCUT2D eigenvalue weighted by Crippen LogP contribution is -2.57. The van der Waals surface area contributed by atoms with E-state index in [-0.39, 0.29) is 54.1 Å². The standard InChI is InChI=1S/C28H40O7/c1-16(2)34-25(32)20-15-18-14-19(35-17(3)29)6-10-26(18,4)21-7-11-27(5)22(24(20)21)8-12-28(27,33)13-9-23(30)31/h14-16,20-22,24,33H,6-13H2,1-5H3,(H,30,31)/t20-,21-,22-,24+,26-,27-,28+/m0/s1. The second kappa shape index (κ2) is 9.06.